The first kappa shape index (κ1) is 9.59. The largest absolute Gasteiger partial charge is 0.345 e. The van der Waals surface area contributed by atoms with Crippen LogP contribution in [-0.4, -0.2) is 25.6 Å². The van der Waals surface area contributed by atoms with Crippen LogP contribution in [0.25, 0.3) is 11.0 Å². The van der Waals surface area contributed by atoms with Gasteiger partial charge in [-0.2, -0.15) is 0 Å². The number of carbonyl (C=O) groups excluding carboxylic acids is 1. The lowest BCUT2D eigenvalue weighted by Gasteiger charge is -2.05. The maximum Gasteiger partial charge on any atom is 0.331 e. The van der Waals surface area contributed by atoms with Crippen LogP contribution in [0.1, 0.15) is 0 Å². The Balaban J connectivity index is 1.95. The van der Waals surface area contributed by atoms with E-state index in [4.69, 9.17) is 0 Å². The monoisotopic (exact) mass is 227 g/mol. The molecule has 6 heteroatoms. The molecule has 2 N–H and O–H groups in total. The van der Waals surface area contributed by atoms with Crippen LogP contribution in [0, 0.1) is 0 Å². The van der Waals surface area contributed by atoms with Crippen LogP contribution < -0.4 is 5.32 Å². The van der Waals surface area contributed by atoms with Crippen molar-refractivity contribution in [3.05, 3.63) is 43.2 Å². The number of hydrogen-bond acceptors (Lipinski definition) is 3. The normalized spacial score (nSPS) is 10.6. The summed E-state index contributed by atoms with van der Waals surface area (Å²) in [6.07, 6.45) is 6.17. The van der Waals surface area contributed by atoms with Gasteiger partial charge in [-0.3, -0.25) is 4.57 Å². The van der Waals surface area contributed by atoms with E-state index >= 15 is 0 Å². The number of nitrogens with one attached hydrogen (secondary N) is 2. The fourth-order valence-corrected chi connectivity index (χ4v) is 1.63. The molecular weight excluding hydrogens is 218 g/mol. The first-order valence-corrected chi connectivity index (χ1v) is 5.06. The van der Waals surface area contributed by atoms with Crippen LogP contribution in [0.15, 0.2) is 43.2 Å². The molecule has 6 nitrogen and oxygen atoms in total. The Morgan fingerprint density at radius 3 is 3.18 bits per heavy atom. The number of H-pyrrole nitrogens is 1. The van der Waals surface area contributed by atoms with Crippen molar-refractivity contribution in [3.8, 4) is 0 Å². The fraction of sp³-hybridized carbons (Fsp3) is 0. The van der Waals surface area contributed by atoms with E-state index in [9.17, 15) is 4.79 Å². The summed E-state index contributed by atoms with van der Waals surface area (Å²) in [6, 6.07) is 5.29. The van der Waals surface area contributed by atoms with Crippen LogP contribution in [0.2, 0.25) is 0 Å². The van der Waals surface area contributed by atoms with Crippen LogP contribution in [-0.2, 0) is 0 Å². The van der Waals surface area contributed by atoms with Crippen LogP contribution in [0.4, 0.5) is 10.5 Å². The van der Waals surface area contributed by atoms with Gasteiger partial charge in [0.15, 0.2) is 0 Å². The zero-order chi connectivity index (χ0) is 11.7. The molecular formula is C11H9N5O. The number of fused-ring (bicyclic) bond motifs is 1. The van der Waals surface area contributed by atoms with Crippen molar-refractivity contribution in [3.63, 3.8) is 0 Å². The molecule has 0 atom stereocenters. The van der Waals surface area contributed by atoms with Gasteiger partial charge in [0, 0.05) is 12.4 Å². The predicted octanol–water partition coefficient (Wildman–Crippen LogP) is 1.84. The van der Waals surface area contributed by atoms with Gasteiger partial charge in [0.05, 0.1) is 17.5 Å². The predicted molar refractivity (Wildman–Crippen MR) is 62.7 cm³/mol. The van der Waals surface area contributed by atoms with Crippen LogP contribution >= 0.6 is 0 Å². The van der Waals surface area contributed by atoms with E-state index in [0.717, 1.165) is 11.0 Å². The molecule has 0 radical (unpaired) electrons. The highest BCUT2D eigenvalue weighted by molar-refractivity contribution is 5.99. The summed E-state index contributed by atoms with van der Waals surface area (Å²) in [7, 11) is 0. The Labute approximate surface area is 96.3 Å². The Bertz CT molecular complexity index is 655. The van der Waals surface area contributed by atoms with E-state index < -0.39 is 0 Å². The number of rotatable bonds is 1. The number of imidazole rings is 2. The number of nitrogens with zero attached hydrogens (tertiary/aromatic N) is 3. The third-order valence-corrected chi connectivity index (χ3v) is 2.43. The Morgan fingerprint density at radius 2 is 2.35 bits per heavy atom. The molecule has 0 saturated carbocycles. The van der Waals surface area contributed by atoms with Crippen molar-refractivity contribution >= 4 is 22.8 Å². The topological polar surface area (TPSA) is 75.6 Å². The zero-order valence-corrected chi connectivity index (χ0v) is 8.79. The van der Waals surface area contributed by atoms with Crippen molar-refractivity contribution in [1.29, 1.82) is 0 Å². The summed E-state index contributed by atoms with van der Waals surface area (Å²) < 4.78 is 1.37. The van der Waals surface area contributed by atoms with Crippen molar-refractivity contribution in [2.45, 2.75) is 0 Å². The quantitative estimate of drug-likeness (QED) is 0.666. The van der Waals surface area contributed by atoms with Gasteiger partial charge in [-0.25, -0.2) is 14.8 Å². The van der Waals surface area contributed by atoms with E-state index in [1.165, 1.54) is 10.9 Å². The first-order valence-electron chi connectivity index (χ1n) is 5.06. The number of aromatic amines is 1. The molecule has 1 amide bonds. The second-order valence-corrected chi connectivity index (χ2v) is 3.50. The molecule has 2 heterocycles. The molecule has 3 aromatic rings. The lowest BCUT2D eigenvalue weighted by atomic mass is 10.2. The Morgan fingerprint density at radius 1 is 1.41 bits per heavy atom. The molecule has 0 aliphatic rings. The maximum atomic E-state index is 11.8. The highest BCUT2D eigenvalue weighted by Crippen LogP contribution is 2.19. The number of benzene rings is 1. The standard InChI is InChI=1S/C11H9N5O/c17-11(16-5-4-12-7-16)15-9-3-1-2-8-10(9)14-6-13-8/h1-7H,(H,13,14)(H,15,17). The molecule has 0 spiro atoms. The van der Waals surface area contributed by atoms with Gasteiger partial charge in [-0.15, -0.1) is 0 Å². The van der Waals surface area contributed by atoms with Crippen molar-refractivity contribution in [2.75, 3.05) is 5.32 Å². The van der Waals surface area contributed by atoms with E-state index in [2.05, 4.69) is 20.3 Å². The lowest BCUT2D eigenvalue weighted by molar-refractivity contribution is 0.253. The van der Waals surface area contributed by atoms with Gasteiger partial charge in [0.1, 0.15) is 11.8 Å². The highest BCUT2D eigenvalue weighted by atomic mass is 16.2. The Hall–Kier alpha value is -2.63. The number of carbonyl (C=O) groups is 1. The molecule has 84 valence electrons. The number of anilines is 1. The fourth-order valence-electron chi connectivity index (χ4n) is 1.63. The third-order valence-electron chi connectivity index (χ3n) is 2.43. The summed E-state index contributed by atoms with van der Waals surface area (Å²) in [5, 5.41) is 2.77. The number of hydrogen-bond donors (Lipinski definition) is 2. The molecule has 0 aliphatic carbocycles. The second kappa shape index (κ2) is 3.75. The van der Waals surface area contributed by atoms with Crippen LogP contribution in [0.3, 0.4) is 0 Å². The summed E-state index contributed by atoms with van der Waals surface area (Å²) in [4.78, 5) is 22.8. The van der Waals surface area contributed by atoms with E-state index in [1.807, 2.05) is 12.1 Å². The molecule has 0 saturated heterocycles. The SMILES string of the molecule is O=C(Nc1cccc2[nH]cnc12)n1ccnc1. The molecule has 0 aliphatic heterocycles. The van der Waals surface area contributed by atoms with Crippen molar-refractivity contribution in [2.24, 2.45) is 0 Å². The first-order chi connectivity index (χ1) is 8.34. The number of para-hydroxylation sites is 1. The van der Waals surface area contributed by atoms with E-state index in [0.29, 0.717) is 5.69 Å². The van der Waals surface area contributed by atoms with E-state index in [-0.39, 0.29) is 6.03 Å². The summed E-state index contributed by atoms with van der Waals surface area (Å²) in [6.45, 7) is 0. The lowest BCUT2D eigenvalue weighted by Crippen LogP contribution is -2.17. The molecule has 0 fully saturated rings. The van der Waals surface area contributed by atoms with Gasteiger partial charge < -0.3 is 10.3 Å². The Kier molecular flexibility index (Phi) is 2.11. The van der Waals surface area contributed by atoms with Gasteiger partial charge >= 0.3 is 6.03 Å². The minimum atomic E-state index is -0.266. The molecule has 0 bridgehead atoms. The van der Waals surface area contributed by atoms with Gasteiger partial charge in [-0.1, -0.05) is 6.07 Å². The van der Waals surface area contributed by atoms with Crippen molar-refractivity contribution in [1.82, 2.24) is 19.5 Å². The smallest absolute Gasteiger partial charge is 0.331 e. The summed E-state index contributed by atoms with van der Waals surface area (Å²) in [5.41, 5.74) is 2.29. The molecule has 0 unspecified atom stereocenters. The van der Waals surface area contributed by atoms with Gasteiger partial charge in [0.25, 0.3) is 0 Å². The second-order valence-electron chi connectivity index (χ2n) is 3.50. The molecule has 17 heavy (non-hydrogen) atoms. The third kappa shape index (κ3) is 1.65. The summed E-state index contributed by atoms with van der Waals surface area (Å²) >= 11 is 0. The highest BCUT2D eigenvalue weighted by Gasteiger charge is 2.08. The van der Waals surface area contributed by atoms with E-state index in [1.54, 1.807) is 24.8 Å². The minimum Gasteiger partial charge on any atom is -0.345 e. The average molecular weight is 227 g/mol. The van der Waals surface area contributed by atoms with Gasteiger partial charge in [0.2, 0.25) is 0 Å². The molecule has 1 aromatic carbocycles. The average Bonchev–Trinajstić information content (AvgIpc) is 3.00. The minimum absolute atomic E-state index is 0.266. The van der Waals surface area contributed by atoms with Crippen LogP contribution in [0.5, 0.6) is 0 Å². The summed E-state index contributed by atoms with van der Waals surface area (Å²) in [5.74, 6) is 0. The number of aromatic nitrogens is 4. The number of amides is 1. The maximum absolute atomic E-state index is 11.8. The molecule has 2 aromatic heterocycles. The zero-order valence-electron chi connectivity index (χ0n) is 8.79. The molecule has 3 rings (SSSR count). The van der Waals surface area contributed by atoms with Crippen molar-refractivity contribution < 1.29 is 4.79 Å². The van der Waals surface area contributed by atoms with Gasteiger partial charge in [-0.05, 0) is 12.1 Å².